The molecule has 1 aromatic heterocycles. The smallest absolute Gasteiger partial charge is 0.137 e. The quantitative estimate of drug-likeness (QED) is 0.720. The molecule has 3 nitrogen and oxygen atoms in total. The molecule has 0 fully saturated rings. The molecule has 0 aliphatic heterocycles. The van der Waals surface area contributed by atoms with Crippen LogP contribution in [0.4, 0.5) is 0 Å². The molecule has 1 N–H and O–H groups in total. The van der Waals surface area contributed by atoms with Gasteiger partial charge in [-0.1, -0.05) is 13.2 Å². The van der Waals surface area contributed by atoms with Gasteiger partial charge in [0, 0.05) is 11.8 Å². The van der Waals surface area contributed by atoms with E-state index in [1.165, 1.54) is 13.3 Å². The molecule has 0 aromatic carbocycles. The van der Waals surface area contributed by atoms with Gasteiger partial charge in [0.2, 0.25) is 0 Å². The number of aromatic nitrogens is 1. The van der Waals surface area contributed by atoms with E-state index in [0.717, 1.165) is 0 Å². The summed E-state index contributed by atoms with van der Waals surface area (Å²) in [4.78, 5) is 4.03. The summed E-state index contributed by atoms with van der Waals surface area (Å²) < 4.78 is 4.89. The number of aliphatic hydroxyl groups is 1. The number of rotatable bonds is 3. The number of methoxy groups -OCH3 is 1. The van der Waals surface area contributed by atoms with E-state index in [1.807, 2.05) is 0 Å². The number of hydrogen-bond acceptors (Lipinski definition) is 3. The summed E-state index contributed by atoms with van der Waals surface area (Å²) in [5.74, 6) is 0.497. The van der Waals surface area contributed by atoms with Crippen LogP contribution in [0.2, 0.25) is 0 Å². The Morgan fingerprint density at radius 2 is 2.15 bits per heavy atom. The van der Waals surface area contributed by atoms with E-state index >= 15 is 0 Å². The lowest BCUT2D eigenvalue weighted by Gasteiger charge is -2.03. The normalized spacial score (nSPS) is 9.31. The summed E-state index contributed by atoms with van der Waals surface area (Å²) >= 11 is 0. The van der Waals surface area contributed by atoms with E-state index in [0.29, 0.717) is 17.0 Å². The van der Waals surface area contributed by atoms with E-state index in [2.05, 4.69) is 18.1 Å². The molecule has 1 heterocycles. The van der Waals surface area contributed by atoms with E-state index in [4.69, 9.17) is 9.84 Å². The molecule has 0 spiro atoms. The molecule has 0 amide bonds. The molecular weight excluding hydrogens is 166 g/mol. The first-order valence-electron chi connectivity index (χ1n) is 3.72. The van der Waals surface area contributed by atoms with Crippen molar-refractivity contribution in [1.29, 1.82) is 0 Å². The maximum absolute atomic E-state index is 9.02. The topological polar surface area (TPSA) is 42.4 Å². The summed E-state index contributed by atoms with van der Waals surface area (Å²) in [5.41, 5.74) is 1.24. The molecule has 0 bridgehead atoms. The summed E-state index contributed by atoms with van der Waals surface area (Å²) in [7, 11) is 1.53. The van der Waals surface area contributed by atoms with Crippen molar-refractivity contribution >= 4 is 11.5 Å². The predicted molar refractivity (Wildman–Crippen MR) is 51.9 cm³/mol. The second-order valence-corrected chi connectivity index (χ2v) is 2.51. The lowest BCUT2D eigenvalue weighted by molar-refractivity contribution is 0.369. The minimum absolute atomic E-state index is 0.00193. The SMILES string of the molecule is C=C(O)c1ccc(C(=C)OC)nc1. The fourth-order valence-electron chi connectivity index (χ4n) is 0.834. The zero-order valence-electron chi connectivity index (χ0n) is 7.45. The standard InChI is InChI=1S/C10H11NO2/c1-7(12)9-4-5-10(11-6-9)8(2)13-3/h4-6,12H,1-2H2,3H3. The van der Waals surface area contributed by atoms with Crippen molar-refractivity contribution in [3.8, 4) is 0 Å². The van der Waals surface area contributed by atoms with Crippen LogP contribution in [-0.4, -0.2) is 17.2 Å². The van der Waals surface area contributed by atoms with E-state index in [9.17, 15) is 0 Å². The zero-order chi connectivity index (χ0) is 9.84. The van der Waals surface area contributed by atoms with Gasteiger partial charge in [0.15, 0.2) is 0 Å². The van der Waals surface area contributed by atoms with Crippen molar-refractivity contribution in [2.75, 3.05) is 7.11 Å². The van der Waals surface area contributed by atoms with Gasteiger partial charge in [0.25, 0.3) is 0 Å². The third-order valence-electron chi connectivity index (χ3n) is 1.63. The highest BCUT2D eigenvalue weighted by Crippen LogP contribution is 2.13. The van der Waals surface area contributed by atoms with Crippen molar-refractivity contribution in [1.82, 2.24) is 4.98 Å². The number of hydrogen-bond donors (Lipinski definition) is 1. The summed E-state index contributed by atoms with van der Waals surface area (Å²) in [6.45, 7) is 7.03. The predicted octanol–water partition coefficient (Wildman–Crippen LogP) is 2.23. The van der Waals surface area contributed by atoms with Crippen molar-refractivity contribution in [3.05, 3.63) is 42.7 Å². The Hall–Kier alpha value is -1.77. The third kappa shape index (κ3) is 2.08. The van der Waals surface area contributed by atoms with E-state index in [-0.39, 0.29) is 5.76 Å². The molecule has 68 valence electrons. The van der Waals surface area contributed by atoms with Crippen LogP contribution in [0.3, 0.4) is 0 Å². The largest absolute Gasteiger partial charge is 0.508 e. The molecule has 1 aromatic rings. The van der Waals surface area contributed by atoms with Crippen LogP contribution in [0.15, 0.2) is 31.5 Å². The molecule has 0 aliphatic rings. The Labute approximate surface area is 77.0 Å². The van der Waals surface area contributed by atoms with Gasteiger partial charge >= 0.3 is 0 Å². The van der Waals surface area contributed by atoms with E-state index < -0.39 is 0 Å². The van der Waals surface area contributed by atoms with Crippen LogP contribution in [0.5, 0.6) is 0 Å². The molecule has 0 radical (unpaired) electrons. The highest BCUT2D eigenvalue weighted by molar-refractivity contribution is 5.58. The molecule has 1 rings (SSSR count). The number of nitrogens with zero attached hydrogens (tertiary/aromatic N) is 1. The minimum atomic E-state index is 0.00193. The Morgan fingerprint density at radius 1 is 1.46 bits per heavy atom. The highest BCUT2D eigenvalue weighted by atomic mass is 16.5. The van der Waals surface area contributed by atoms with Crippen LogP contribution in [0.25, 0.3) is 11.5 Å². The lowest BCUT2D eigenvalue weighted by Crippen LogP contribution is -1.91. The van der Waals surface area contributed by atoms with Crippen LogP contribution in [0.1, 0.15) is 11.3 Å². The van der Waals surface area contributed by atoms with Crippen LogP contribution >= 0.6 is 0 Å². The average Bonchev–Trinajstić information content (AvgIpc) is 2.17. The second kappa shape index (κ2) is 3.76. The van der Waals surface area contributed by atoms with Gasteiger partial charge in [-0.05, 0) is 12.1 Å². The fraction of sp³-hybridized carbons (Fsp3) is 0.100. The lowest BCUT2D eigenvalue weighted by atomic mass is 10.2. The van der Waals surface area contributed by atoms with Gasteiger partial charge in [-0.25, -0.2) is 0 Å². The molecule has 3 heteroatoms. The number of pyridine rings is 1. The zero-order valence-corrected chi connectivity index (χ0v) is 7.45. The molecule has 13 heavy (non-hydrogen) atoms. The van der Waals surface area contributed by atoms with Crippen molar-refractivity contribution < 1.29 is 9.84 Å². The Kier molecular flexibility index (Phi) is 2.69. The van der Waals surface area contributed by atoms with Gasteiger partial charge in [-0.2, -0.15) is 0 Å². The minimum Gasteiger partial charge on any atom is -0.508 e. The van der Waals surface area contributed by atoms with Gasteiger partial charge < -0.3 is 9.84 Å². The monoisotopic (exact) mass is 177 g/mol. The van der Waals surface area contributed by atoms with Gasteiger partial charge in [-0.15, -0.1) is 0 Å². The van der Waals surface area contributed by atoms with Crippen molar-refractivity contribution in [2.24, 2.45) is 0 Å². The average molecular weight is 177 g/mol. The summed E-state index contributed by atoms with van der Waals surface area (Å²) in [5, 5.41) is 9.02. The van der Waals surface area contributed by atoms with Crippen molar-refractivity contribution in [2.45, 2.75) is 0 Å². The molecule has 0 aliphatic carbocycles. The molecule has 0 unspecified atom stereocenters. The van der Waals surface area contributed by atoms with E-state index in [1.54, 1.807) is 12.1 Å². The first-order valence-corrected chi connectivity index (χ1v) is 3.72. The van der Waals surface area contributed by atoms with Gasteiger partial charge in [0.1, 0.15) is 17.2 Å². The second-order valence-electron chi connectivity index (χ2n) is 2.51. The Balaban J connectivity index is 2.93. The fourth-order valence-corrected chi connectivity index (χ4v) is 0.834. The van der Waals surface area contributed by atoms with Gasteiger partial charge in [-0.3, -0.25) is 4.98 Å². The Morgan fingerprint density at radius 3 is 2.54 bits per heavy atom. The third-order valence-corrected chi connectivity index (χ3v) is 1.63. The molecule has 0 saturated heterocycles. The first-order chi connectivity index (χ1) is 6.15. The summed E-state index contributed by atoms with van der Waals surface area (Å²) in [6.07, 6.45) is 1.52. The van der Waals surface area contributed by atoms with Crippen molar-refractivity contribution in [3.63, 3.8) is 0 Å². The number of aliphatic hydroxyl groups excluding tert-OH is 1. The molecular formula is C10H11NO2. The molecule has 0 saturated carbocycles. The van der Waals surface area contributed by atoms with Gasteiger partial charge in [0.05, 0.1) is 7.11 Å². The van der Waals surface area contributed by atoms with Crippen LogP contribution < -0.4 is 0 Å². The maximum atomic E-state index is 9.02. The first kappa shape index (κ1) is 9.32. The number of ether oxygens (including phenoxy) is 1. The van der Waals surface area contributed by atoms with Crippen LogP contribution in [0, 0.1) is 0 Å². The molecule has 0 atom stereocenters. The van der Waals surface area contributed by atoms with Crippen LogP contribution in [-0.2, 0) is 4.74 Å². The summed E-state index contributed by atoms with van der Waals surface area (Å²) in [6, 6.07) is 3.41. The Bertz CT molecular complexity index is 327. The maximum Gasteiger partial charge on any atom is 0.137 e. The highest BCUT2D eigenvalue weighted by Gasteiger charge is 2.00.